The SMILES string of the molecule is COc1ccc(C(=O)Cc2c(Cl)cncc2Cl)c(OCc2nnc(C3CC3)s2)c1OC. The van der Waals surface area contributed by atoms with E-state index in [1.807, 2.05) is 0 Å². The van der Waals surface area contributed by atoms with Crippen molar-refractivity contribution < 1.29 is 19.0 Å². The van der Waals surface area contributed by atoms with Gasteiger partial charge >= 0.3 is 0 Å². The fourth-order valence-electron chi connectivity index (χ4n) is 3.08. The summed E-state index contributed by atoms with van der Waals surface area (Å²) in [5.74, 6) is 1.33. The van der Waals surface area contributed by atoms with Gasteiger partial charge in [-0.2, -0.15) is 0 Å². The van der Waals surface area contributed by atoms with E-state index in [1.54, 1.807) is 12.1 Å². The second kappa shape index (κ2) is 9.38. The standard InChI is InChI=1S/C21H19Cl2N3O4S/c1-28-17-6-5-12(16(27)7-13-14(22)8-24-9-15(13)23)19(20(17)29-2)30-10-18-25-26-21(31-18)11-3-4-11/h5-6,8-9,11H,3-4,7,10H2,1-2H3. The minimum atomic E-state index is -0.234. The molecule has 1 saturated carbocycles. The lowest BCUT2D eigenvalue weighted by Gasteiger charge is -2.17. The van der Waals surface area contributed by atoms with Crippen LogP contribution in [0.2, 0.25) is 10.0 Å². The quantitative estimate of drug-likeness (QED) is 0.392. The maximum Gasteiger partial charge on any atom is 0.204 e. The molecule has 1 aliphatic carbocycles. The average Bonchev–Trinajstić information content (AvgIpc) is 3.51. The van der Waals surface area contributed by atoms with E-state index in [-0.39, 0.29) is 24.6 Å². The number of methoxy groups -OCH3 is 2. The van der Waals surface area contributed by atoms with E-state index in [1.165, 1.54) is 38.0 Å². The van der Waals surface area contributed by atoms with Crippen LogP contribution >= 0.6 is 34.5 Å². The summed E-state index contributed by atoms with van der Waals surface area (Å²) in [6, 6.07) is 3.29. The van der Waals surface area contributed by atoms with E-state index in [9.17, 15) is 4.79 Å². The van der Waals surface area contributed by atoms with Gasteiger partial charge in [-0.3, -0.25) is 9.78 Å². The molecule has 162 valence electrons. The predicted molar refractivity (Wildman–Crippen MR) is 118 cm³/mol. The molecular formula is C21H19Cl2N3O4S. The highest BCUT2D eigenvalue weighted by Gasteiger charge is 2.28. The number of benzene rings is 1. The highest BCUT2D eigenvalue weighted by molar-refractivity contribution is 7.11. The van der Waals surface area contributed by atoms with E-state index >= 15 is 0 Å². The van der Waals surface area contributed by atoms with Crippen molar-refractivity contribution in [2.45, 2.75) is 31.8 Å². The maximum atomic E-state index is 13.2. The van der Waals surface area contributed by atoms with Crippen LogP contribution in [0.1, 0.15) is 44.7 Å². The van der Waals surface area contributed by atoms with Crippen LogP contribution in [0.4, 0.5) is 0 Å². The van der Waals surface area contributed by atoms with Crippen LogP contribution in [0, 0.1) is 0 Å². The Morgan fingerprint density at radius 2 is 1.84 bits per heavy atom. The van der Waals surface area contributed by atoms with E-state index in [4.69, 9.17) is 37.4 Å². The molecule has 31 heavy (non-hydrogen) atoms. The number of Topliss-reactive ketones (excluding diaryl/α,β-unsaturated/α-hetero) is 1. The van der Waals surface area contributed by atoms with Crippen LogP contribution in [-0.2, 0) is 13.0 Å². The van der Waals surface area contributed by atoms with Crippen LogP contribution < -0.4 is 14.2 Å². The number of hydrogen-bond acceptors (Lipinski definition) is 8. The zero-order chi connectivity index (χ0) is 22.0. The van der Waals surface area contributed by atoms with Crippen molar-refractivity contribution in [2.75, 3.05) is 14.2 Å². The Morgan fingerprint density at radius 3 is 2.48 bits per heavy atom. The van der Waals surface area contributed by atoms with E-state index in [0.717, 1.165) is 22.9 Å². The topological polar surface area (TPSA) is 83.4 Å². The molecule has 4 rings (SSSR count). The summed E-state index contributed by atoms with van der Waals surface area (Å²) < 4.78 is 16.9. The molecule has 10 heteroatoms. The third-order valence-corrected chi connectivity index (χ3v) is 6.55. The molecule has 2 aromatic heterocycles. The maximum absolute atomic E-state index is 13.2. The minimum absolute atomic E-state index is 0.0172. The number of carbonyl (C=O) groups excluding carboxylic acids is 1. The predicted octanol–water partition coefficient (Wildman–Crippen LogP) is 5.14. The van der Waals surface area contributed by atoms with Gasteiger partial charge in [0.2, 0.25) is 5.75 Å². The molecule has 0 atom stereocenters. The molecular weight excluding hydrogens is 461 g/mol. The van der Waals surface area contributed by atoms with Crippen LogP contribution in [-0.4, -0.2) is 35.2 Å². The van der Waals surface area contributed by atoms with Gasteiger partial charge in [-0.1, -0.05) is 34.5 Å². The number of nitrogens with zero attached hydrogens (tertiary/aromatic N) is 3. The number of carbonyl (C=O) groups is 1. The molecule has 7 nitrogen and oxygen atoms in total. The summed E-state index contributed by atoms with van der Waals surface area (Å²) >= 11 is 13.9. The third kappa shape index (κ3) is 4.76. The van der Waals surface area contributed by atoms with Crippen molar-refractivity contribution >= 4 is 40.3 Å². The molecule has 0 bridgehead atoms. The molecule has 2 heterocycles. The van der Waals surface area contributed by atoms with E-state index in [2.05, 4.69) is 15.2 Å². The highest BCUT2D eigenvalue weighted by atomic mass is 35.5. The van der Waals surface area contributed by atoms with Crippen LogP contribution in [0.3, 0.4) is 0 Å². The lowest BCUT2D eigenvalue weighted by molar-refractivity contribution is 0.0987. The summed E-state index contributed by atoms with van der Waals surface area (Å²) in [5.41, 5.74) is 0.829. The fourth-order valence-corrected chi connectivity index (χ4v) is 4.50. The molecule has 1 aromatic carbocycles. The third-order valence-electron chi connectivity index (χ3n) is 4.84. The van der Waals surface area contributed by atoms with Crippen LogP contribution in [0.15, 0.2) is 24.5 Å². The van der Waals surface area contributed by atoms with Gasteiger partial charge in [0.05, 0.1) is 29.8 Å². The number of ketones is 1. The highest BCUT2D eigenvalue weighted by Crippen LogP contribution is 2.43. The van der Waals surface area contributed by atoms with Crippen molar-refractivity contribution in [2.24, 2.45) is 0 Å². The van der Waals surface area contributed by atoms with E-state index < -0.39 is 0 Å². The normalized spacial score (nSPS) is 13.2. The fraction of sp³-hybridized carbons (Fsp3) is 0.333. The first kappa shape index (κ1) is 21.8. The first-order chi connectivity index (χ1) is 15.0. The molecule has 0 unspecified atom stereocenters. The van der Waals surface area contributed by atoms with Gasteiger partial charge in [0.15, 0.2) is 22.3 Å². The Morgan fingerprint density at radius 1 is 1.10 bits per heavy atom. The number of hydrogen-bond donors (Lipinski definition) is 0. The zero-order valence-corrected chi connectivity index (χ0v) is 19.2. The second-order valence-corrected chi connectivity index (χ2v) is 8.86. The van der Waals surface area contributed by atoms with Gasteiger partial charge < -0.3 is 14.2 Å². The van der Waals surface area contributed by atoms with Crippen molar-refractivity contribution in [3.05, 3.63) is 55.7 Å². The summed E-state index contributed by atoms with van der Waals surface area (Å²) in [6.45, 7) is 0.158. The molecule has 0 saturated heterocycles. The van der Waals surface area contributed by atoms with Crippen molar-refractivity contribution in [1.82, 2.24) is 15.2 Å². The van der Waals surface area contributed by atoms with Crippen molar-refractivity contribution in [3.63, 3.8) is 0 Å². The van der Waals surface area contributed by atoms with Gasteiger partial charge in [-0.15, -0.1) is 10.2 Å². The molecule has 0 radical (unpaired) electrons. The zero-order valence-electron chi connectivity index (χ0n) is 16.9. The number of rotatable bonds is 9. The Kier molecular flexibility index (Phi) is 6.60. The Hall–Kier alpha value is -2.42. The molecule has 0 aliphatic heterocycles. The van der Waals surface area contributed by atoms with Gasteiger partial charge in [0.1, 0.15) is 11.6 Å². The Labute approximate surface area is 193 Å². The molecule has 1 aliphatic rings. The number of aromatic nitrogens is 3. The first-order valence-corrected chi connectivity index (χ1v) is 11.1. The molecule has 0 amide bonds. The molecule has 1 fully saturated rings. The van der Waals surface area contributed by atoms with Gasteiger partial charge in [0, 0.05) is 30.3 Å². The van der Waals surface area contributed by atoms with Crippen LogP contribution in [0.25, 0.3) is 0 Å². The smallest absolute Gasteiger partial charge is 0.204 e. The Balaban J connectivity index is 1.63. The lowest BCUT2D eigenvalue weighted by Crippen LogP contribution is -2.10. The summed E-state index contributed by atoms with van der Waals surface area (Å²) in [4.78, 5) is 17.1. The number of halogens is 2. The van der Waals surface area contributed by atoms with Gasteiger partial charge in [0.25, 0.3) is 0 Å². The molecule has 0 N–H and O–H groups in total. The first-order valence-electron chi connectivity index (χ1n) is 9.53. The molecule has 3 aromatic rings. The number of pyridine rings is 1. The minimum Gasteiger partial charge on any atom is -0.493 e. The number of ether oxygens (including phenoxy) is 3. The van der Waals surface area contributed by atoms with Crippen LogP contribution in [0.5, 0.6) is 17.2 Å². The van der Waals surface area contributed by atoms with E-state index in [0.29, 0.717) is 38.6 Å². The summed E-state index contributed by atoms with van der Waals surface area (Å²) in [6.07, 6.45) is 5.19. The van der Waals surface area contributed by atoms with Gasteiger partial charge in [-0.25, -0.2) is 0 Å². The molecule has 0 spiro atoms. The second-order valence-electron chi connectivity index (χ2n) is 6.96. The summed E-state index contributed by atoms with van der Waals surface area (Å²) in [5, 5.41) is 10.8. The average molecular weight is 480 g/mol. The van der Waals surface area contributed by atoms with Crippen molar-refractivity contribution in [1.29, 1.82) is 0 Å². The van der Waals surface area contributed by atoms with Gasteiger partial charge in [-0.05, 0) is 25.0 Å². The Bertz CT molecular complexity index is 1100. The monoisotopic (exact) mass is 479 g/mol. The largest absolute Gasteiger partial charge is 0.493 e. The van der Waals surface area contributed by atoms with Crippen molar-refractivity contribution in [3.8, 4) is 17.2 Å². The summed E-state index contributed by atoms with van der Waals surface area (Å²) in [7, 11) is 3.01. The lowest BCUT2D eigenvalue weighted by atomic mass is 10.0.